The van der Waals surface area contributed by atoms with Gasteiger partial charge in [-0.1, -0.05) is 6.92 Å². The highest BCUT2D eigenvalue weighted by Gasteiger charge is 2.20. The lowest BCUT2D eigenvalue weighted by Gasteiger charge is -2.22. The first kappa shape index (κ1) is 13.6. The van der Waals surface area contributed by atoms with E-state index in [0.29, 0.717) is 17.7 Å². The summed E-state index contributed by atoms with van der Waals surface area (Å²) in [6.45, 7) is 3.34. The number of aryl methyl sites for hydroxylation is 1. The third-order valence-electron chi connectivity index (χ3n) is 2.92. The molecule has 1 aromatic rings. The molecule has 0 bridgehead atoms. The Morgan fingerprint density at radius 2 is 2.18 bits per heavy atom. The number of hydrogen-bond acceptors (Lipinski definition) is 2. The number of aliphatic hydroxyl groups excluding tert-OH is 1. The second kappa shape index (κ2) is 5.77. The van der Waals surface area contributed by atoms with Gasteiger partial charge in [0.15, 0.2) is 0 Å². The molecule has 0 heterocycles. The number of hydrogen-bond donors (Lipinski definition) is 1. The second-order valence-corrected chi connectivity index (χ2v) is 4.12. The van der Waals surface area contributed by atoms with E-state index >= 15 is 0 Å². The number of amides is 1. The average Bonchev–Trinajstić information content (AvgIpc) is 2.33. The number of nitrogens with zero attached hydrogens (tertiary/aromatic N) is 1. The van der Waals surface area contributed by atoms with Crippen molar-refractivity contribution in [3.8, 4) is 0 Å². The van der Waals surface area contributed by atoms with Crippen LogP contribution in [0, 0.1) is 18.7 Å². The highest BCUT2D eigenvalue weighted by atomic mass is 19.1. The van der Waals surface area contributed by atoms with E-state index in [1.54, 1.807) is 26.1 Å². The fraction of sp³-hybridized carbons (Fsp3) is 0.462. The van der Waals surface area contributed by atoms with Crippen LogP contribution in [0.1, 0.15) is 18.9 Å². The molecule has 0 radical (unpaired) electrons. The van der Waals surface area contributed by atoms with E-state index < -0.39 is 5.92 Å². The van der Waals surface area contributed by atoms with Crippen LogP contribution in [0.2, 0.25) is 0 Å². The molecule has 0 aromatic heterocycles. The van der Waals surface area contributed by atoms with Crippen molar-refractivity contribution < 1.29 is 14.3 Å². The van der Waals surface area contributed by atoms with Crippen LogP contribution in [0.15, 0.2) is 18.2 Å². The van der Waals surface area contributed by atoms with E-state index in [9.17, 15) is 9.18 Å². The van der Waals surface area contributed by atoms with Gasteiger partial charge in [-0.05, 0) is 37.1 Å². The molecule has 1 unspecified atom stereocenters. The highest BCUT2D eigenvalue weighted by molar-refractivity contribution is 5.94. The maximum atomic E-state index is 13.1. The fourth-order valence-corrected chi connectivity index (χ4v) is 1.62. The Balaban J connectivity index is 2.92. The molecule has 4 heteroatoms. The van der Waals surface area contributed by atoms with Gasteiger partial charge in [0.25, 0.3) is 0 Å². The molecule has 3 nitrogen and oxygen atoms in total. The van der Waals surface area contributed by atoms with Crippen LogP contribution in [-0.4, -0.2) is 24.7 Å². The summed E-state index contributed by atoms with van der Waals surface area (Å²) in [5, 5.41) is 9.08. The fourth-order valence-electron chi connectivity index (χ4n) is 1.62. The highest BCUT2D eigenvalue weighted by Crippen LogP contribution is 2.19. The summed E-state index contributed by atoms with van der Waals surface area (Å²) in [7, 11) is 1.63. The van der Waals surface area contributed by atoms with Gasteiger partial charge in [-0.3, -0.25) is 4.79 Å². The molecule has 0 fully saturated rings. The molecule has 1 aromatic carbocycles. The minimum Gasteiger partial charge on any atom is -0.396 e. The largest absolute Gasteiger partial charge is 0.396 e. The average molecular weight is 239 g/mol. The maximum Gasteiger partial charge on any atom is 0.232 e. The molecule has 0 aliphatic carbocycles. The SMILES string of the molecule is CCC(CO)C(=O)N(C)c1ccc(F)c(C)c1. The molecule has 0 spiro atoms. The number of carbonyl (C=O) groups excluding carboxylic acids is 1. The van der Waals surface area contributed by atoms with Gasteiger partial charge >= 0.3 is 0 Å². The van der Waals surface area contributed by atoms with Gasteiger partial charge in [0.05, 0.1) is 12.5 Å². The quantitative estimate of drug-likeness (QED) is 0.874. The van der Waals surface area contributed by atoms with Gasteiger partial charge in [0, 0.05) is 12.7 Å². The van der Waals surface area contributed by atoms with Crippen molar-refractivity contribution in [2.24, 2.45) is 5.92 Å². The first-order chi connectivity index (χ1) is 8.01. The summed E-state index contributed by atoms with van der Waals surface area (Å²) in [6, 6.07) is 4.52. The van der Waals surface area contributed by atoms with Crippen molar-refractivity contribution in [2.75, 3.05) is 18.6 Å². The third kappa shape index (κ3) is 3.03. The summed E-state index contributed by atoms with van der Waals surface area (Å²) in [5.74, 6) is -0.838. The molecule has 17 heavy (non-hydrogen) atoms. The molecular formula is C13H18FNO2. The lowest BCUT2D eigenvalue weighted by Crippen LogP contribution is -2.34. The molecule has 1 rings (SSSR count). The second-order valence-electron chi connectivity index (χ2n) is 4.12. The number of aliphatic hydroxyl groups is 1. The maximum absolute atomic E-state index is 13.1. The Labute approximate surface area is 101 Å². The van der Waals surface area contributed by atoms with Crippen molar-refractivity contribution >= 4 is 11.6 Å². The summed E-state index contributed by atoms with van der Waals surface area (Å²) >= 11 is 0. The molecule has 0 aliphatic heterocycles. The van der Waals surface area contributed by atoms with Crippen molar-refractivity contribution in [1.29, 1.82) is 0 Å². The van der Waals surface area contributed by atoms with Gasteiger partial charge in [-0.25, -0.2) is 4.39 Å². The van der Waals surface area contributed by atoms with E-state index in [1.807, 2.05) is 6.92 Å². The lowest BCUT2D eigenvalue weighted by molar-refractivity contribution is -0.123. The zero-order chi connectivity index (χ0) is 13.0. The van der Waals surface area contributed by atoms with Crippen LogP contribution in [0.5, 0.6) is 0 Å². The topological polar surface area (TPSA) is 40.5 Å². The summed E-state index contributed by atoms with van der Waals surface area (Å²) in [6.07, 6.45) is 0.583. The molecule has 1 N–H and O–H groups in total. The van der Waals surface area contributed by atoms with Crippen molar-refractivity contribution in [3.63, 3.8) is 0 Å². The van der Waals surface area contributed by atoms with Crippen molar-refractivity contribution in [2.45, 2.75) is 20.3 Å². The van der Waals surface area contributed by atoms with Crippen LogP contribution >= 0.6 is 0 Å². The Kier molecular flexibility index (Phi) is 4.63. The smallest absolute Gasteiger partial charge is 0.232 e. The van der Waals surface area contributed by atoms with Gasteiger partial charge in [-0.15, -0.1) is 0 Å². The summed E-state index contributed by atoms with van der Waals surface area (Å²) in [4.78, 5) is 13.4. The van der Waals surface area contributed by atoms with Crippen LogP contribution in [0.4, 0.5) is 10.1 Å². The molecule has 0 saturated heterocycles. The number of halogens is 1. The first-order valence-corrected chi connectivity index (χ1v) is 5.65. The molecular weight excluding hydrogens is 221 g/mol. The van der Waals surface area contributed by atoms with Gasteiger partial charge in [0.2, 0.25) is 5.91 Å². The monoisotopic (exact) mass is 239 g/mol. The predicted octanol–water partition coefficient (Wildman–Crippen LogP) is 2.12. The minimum atomic E-state index is -0.398. The van der Waals surface area contributed by atoms with Gasteiger partial charge in [-0.2, -0.15) is 0 Å². The summed E-state index contributed by atoms with van der Waals surface area (Å²) in [5.41, 5.74) is 1.14. The third-order valence-corrected chi connectivity index (χ3v) is 2.92. The van der Waals surface area contributed by atoms with Crippen LogP contribution in [-0.2, 0) is 4.79 Å². The molecule has 1 atom stereocenters. The zero-order valence-electron chi connectivity index (χ0n) is 10.4. The standard InChI is InChI=1S/C13H18FNO2/c1-4-10(8-16)13(17)15(3)11-5-6-12(14)9(2)7-11/h5-7,10,16H,4,8H2,1-3H3. The number of rotatable bonds is 4. The van der Waals surface area contributed by atoms with Crippen molar-refractivity contribution in [3.05, 3.63) is 29.6 Å². The molecule has 94 valence electrons. The Hall–Kier alpha value is -1.42. The first-order valence-electron chi connectivity index (χ1n) is 5.65. The number of carbonyl (C=O) groups is 1. The van der Waals surface area contributed by atoms with E-state index in [4.69, 9.17) is 5.11 Å². The zero-order valence-corrected chi connectivity index (χ0v) is 10.4. The Bertz CT molecular complexity index is 402. The van der Waals surface area contributed by atoms with Crippen LogP contribution in [0.3, 0.4) is 0 Å². The van der Waals surface area contributed by atoms with E-state index in [-0.39, 0.29) is 18.3 Å². The van der Waals surface area contributed by atoms with Crippen LogP contribution in [0.25, 0.3) is 0 Å². The lowest BCUT2D eigenvalue weighted by atomic mass is 10.1. The van der Waals surface area contributed by atoms with E-state index in [0.717, 1.165) is 0 Å². The Morgan fingerprint density at radius 3 is 2.65 bits per heavy atom. The molecule has 1 amide bonds. The Morgan fingerprint density at radius 1 is 1.53 bits per heavy atom. The van der Waals surface area contributed by atoms with Gasteiger partial charge < -0.3 is 10.0 Å². The molecule has 0 saturated carbocycles. The molecule has 0 aliphatic rings. The number of benzene rings is 1. The van der Waals surface area contributed by atoms with Crippen LogP contribution < -0.4 is 4.90 Å². The van der Waals surface area contributed by atoms with E-state index in [2.05, 4.69) is 0 Å². The van der Waals surface area contributed by atoms with Crippen molar-refractivity contribution in [1.82, 2.24) is 0 Å². The van der Waals surface area contributed by atoms with Gasteiger partial charge in [0.1, 0.15) is 5.82 Å². The predicted molar refractivity (Wildman–Crippen MR) is 65.4 cm³/mol. The summed E-state index contributed by atoms with van der Waals surface area (Å²) < 4.78 is 13.1. The van der Waals surface area contributed by atoms with E-state index in [1.165, 1.54) is 11.0 Å². The normalized spacial score (nSPS) is 12.3. The minimum absolute atomic E-state index is 0.152. The number of anilines is 1.